The molecule has 5 rings (SSSR count). The van der Waals surface area contributed by atoms with Crippen molar-refractivity contribution in [3.8, 4) is 0 Å². The third kappa shape index (κ3) is 3.58. The Bertz CT molecular complexity index is 1010. The predicted molar refractivity (Wildman–Crippen MR) is 122 cm³/mol. The third-order valence-corrected chi connectivity index (χ3v) is 6.91. The molecule has 0 atom stereocenters. The van der Waals surface area contributed by atoms with Gasteiger partial charge in [0.2, 0.25) is 0 Å². The fourth-order valence-electron chi connectivity index (χ4n) is 5.22. The van der Waals surface area contributed by atoms with Gasteiger partial charge in [0.15, 0.2) is 5.82 Å². The number of hydrogen-bond acceptors (Lipinski definition) is 7. The van der Waals surface area contributed by atoms with Crippen LogP contribution < -0.4 is 10.2 Å². The molecule has 0 aromatic carbocycles. The highest BCUT2D eigenvalue weighted by Crippen LogP contribution is 2.40. The highest BCUT2D eigenvalue weighted by Gasteiger charge is 2.34. The lowest BCUT2D eigenvalue weighted by Gasteiger charge is -2.32. The molecule has 1 fully saturated rings. The molecule has 0 saturated carbocycles. The van der Waals surface area contributed by atoms with Crippen molar-refractivity contribution in [2.75, 3.05) is 50.7 Å². The molecule has 1 amide bonds. The number of ether oxygens (including phenoxy) is 2. The second-order valence-corrected chi connectivity index (χ2v) is 8.77. The number of rotatable bonds is 3. The Morgan fingerprint density at radius 1 is 1.25 bits per heavy atom. The van der Waals surface area contributed by atoms with Crippen molar-refractivity contribution in [3.05, 3.63) is 28.7 Å². The summed E-state index contributed by atoms with van der Waals surface area (Å²) in [5.74, 6) is 0.953. The maximum absolute atomic E-state index is 12.3. The molecule has 0 radical (unpaired) electrons. The van der Waals surface area contributed by atoms with Crippen molar-refractivity contribution in [1.29, 1.82) is 0 Å². The van der Waals surface area contributed by atoms with Gasteiger partial charge in [0, 0.05) is 51.0 Å². The maximum atomic E-state index is 12.3. The summed E-state index contributed by atoms with van der Waals surface area (Å²) in [6, 6.07) is 2.53. The van der Waals surface area contributed by atoms with Gasteiger partial charge in [-0.05, 0) is 38.7 Å². The van der Waals surface area contributed by atoms with Gasteiger partial charge in [-0.15, -0.1) is 0 Å². The zero-order valence-corrected chi connectivity index (χ0v) is 19.2. The summed E-state index contributed by atoms with van der Waals surface area (Å²) in [7, 11) is 3.37. The summed E-state index contributed by atoms with van der Waals surface area (Å²) in [5, 5.41) is 8.46. The van der Waals surface area contributed by atoms with E-state index >= 15 is 0 Å². The second kappa shape index (κ2) is 8.61. The Kier molecular flexibility index (Phi) is 5.67. The van der Waals surface area contributed by atoms with Crippen LogP contribution in [0.2, 0.25) is 0 Å². The van der Waals surface area contributed by atoms with Crippen LogP contribution in [0.3, 0.4) is 0 Å². The first-order valence-electron chi connectivity index (χ1n) is 11.6. The quantitative estimate of drug-likeness (QED) is 0.785. The van der Waals surface area contributed by atoms with Crippen LogP contribution in [0.25, 0.3) is 0 Å². The first kappa shape index (κ1) is 21.1. The van der Waals surface area contributed by atoms with Crippen molar-refractivity contribution in [2.24, 2.45) is 0 Å². The average molecular weight is 441 g/mol. The van der Waals surface area contributed by atoms with Gasteiger partial charge in [0.1, 0.15) is 0 Å². The van der Waals surface area contributed by atoms with E-state index < -0.39 is 0 Å². The Hall–Kier alpha value is -2.81. The number of methoxy groups -OCH3 is 1. The largest absolute Gasteiger partial charge is 0.453 e. The molecule has 0 bridgehead atoms. The van der Waals surface area contributed by atoms with Crippen LogP contribution >= 0.6 is 0 Å². The van der Waals surface area contributed by atoms with Gasteiger partial charge < -0.3 is 24.6 Å². The number of fused-ring (bicyclic) bond motifs is 2. The maximum Gasteiger partial charge on any atom is 0.409 e. The molecule has 2 aromatic rings. The number of nitrogens with zero attached hydrogens (tertiary/aromatic N) is 5. The van der Waals surface area contributed by atoms with Crippen molar-refractivity contribution >= 4 is 23.3 Å². The third-order valence-electron chi connectivity index (χ3n) is 6.91. The number of anilines is 3. The smallest absolute Gasteiger partial charge is 0.409 e. The molecule has 0 aliphatic carbocycles. The van der Waals surface area contributed by atoms with Crippen molar-refractivity contribution in [2.45, 2.75) is 51.6 Å². The molecule has 32 heavy (non-hydrogen) atoms. The summed E-state index contributed by atoms with van der Waals surface area (Å²) in [5.41, 5.74) is 6.65. The summed E-state index contributed by atoms with van der Waals surface area (Å²) in [4.78, 5) is 21.3. The number of carbonyl (C=O) groups is 1. The number of hydrogen-bond donors (Lipinski definition) is 1. The fourth-order valence-corrected chi connectivity index (χ4v) is 5.22. The molecule has 9 heteroatoms. The number of aryl methyl sites for hydroxylation is 2. The normalized spacial score (nSPS) is 18.8. The van der Waals surface area contributed by atoms with E-state index in [0.29, 0.717) is 19.1 Å². The molecular formula is C23H32N6O3. The van der Waals surface area contributed by atoms with Crippen molar-refractivity contribution in [3.63, 3.8) is 0 Å². The van der Waals surface area contributed by atoms with Crippen LogP contribution in [0, 0.1) is 6.92 Å². The number of aromatic nitrogens is 3. The Labute approximate surface area is 188 Å². The van der Waals surface area contributed by atoms with Gasteiger partial charge in [-0.2, -0.15) is 5.10 Å². The molecule has 5 heterocycles. The molecule has 0 unspecified atom stereocenters. The number of pyridine rings is 1. The first-order valence-corrected chi connectivity index (χ1v) is 11.6. The van der Waals surface area contributed by atoms with Crippen LogP contribution in [0.15, 0.2) is 6.07 Å². The van der Waals surface area contributed by atoms with E-state index in [0.717, 1.165) is 86.0 Å². The van der Waals surface area contributed by atoms with Gasteiger partial charge in [0.25, 0.3) is 0 Å². The minimum absolute atomic E-state index is 0.283. The highest BCUT2D eigenvalue weighted by atomic mass is 16.5. The standard InChI is InChI=1S/C23H32N6O3/c1-15-19(24-2)13-21-18(25-15)5-4-9-28(21)22-17-14-27(23(30)31-3)10-6-20(17)29(26-22)16-7-11-32-12-8-16/h13,16,24H,4-12,14H2,1-3H3. The second-order valence-electron chi connectivity index (χ2n) is 8.77. The molecule has 3 aliphatic rings. The number of carbonyl (C=O) groups excluding carboxylic acids is 1. The fraction of sp³-hybridized carbons (Fsp3) is 0.609. The zero-order valence-electron chi connectivity index (χ0n) is 19.2. The van der Waals surface area contributed by atoms with Crippen LogP contribution in [0.1, 0.15) is 47.9 Å². The van der Waals surface area contributed by atoms with Gasteiger partial charge in [-0.3, -0.25) is 9.67 Å². The van der Waals surface area contributed by atoms with E-state index in [-0.39, 0.29) is 6.09 Å². The van der Waals surface area contributed by atoms with Crippen molar-refractivity contribution in [1.82, 2.24) is 19.7 Å². The molecule has 1 saturated heterocycles. The topological polar surface area (TPSA) is 84.8 Å². The van der Waals surface area contributed by atoms with E-state index in [1.165, 1.54) is 12.8 Å². The summed E-state index contributed by atoms with van der Waals surface area (Å²) in [6.07, 6.45) is 4.43. The van der Waals surface area contributed by atoms with E-state index in [2.05, 4.69) is 21.0 Å². The minimum Gasteiger partial charge on any atom is -0.453 e. The molecule has 9 nitrogen and oxygen atoms in total. The summed E-state index contributed by atoms with van der Waals surface area (Å²) >= 11 is 0. The molecule has 3 aliphatic heterocycles. The van der Waals surface area contributed by atoms with Crippen LogP contribution in [0.4, 0.5) is 22.0 Å². The minimum atomic E-state index is -0.283. The number of nitrogens with one attached hydrogen (secondary N) is 1. The lowest BCUT2D eigenvalue weighted by molar-refractivity contribution is 0.0649. The lowest BCUT2D eigenvalue weighted by Crippen LogP contribution is -2.37. The summed E-state index contributed by atoms with van der Waals surface area (Å²) < 4.78 is 12.9. The molecule has 172 valence electrons. The van der Waals surface area contributed by atoms with Crippen LogP contribution in [0.5, 0.6) is 0 Å². The Morgan fingerprint density at radius 3 is 2.81 bits per heavy atom. The monoisotopic (exact) mass is 440 g/mol. The van der Waals surface area contributed by atoms with Crippen LogP contribution in [-0.2, 0) is 28.9 Å². The van der Waals surface area contributed by atoms with Gasteiger partial charge >= 0.3 is 6.09 Å². The zero-order chi connectivity index (χ0) is 22.2. The Balaban J connectivity index is 1.60. The van der Waals surface area contributed by atoms with Crippen LogP contribution in [-0.4, -0.2) is 66.2 Å². The van der Waals surface area contributed by atoms with Gasteiger partial charge in [0.05, 0.1) is 42.5 Å². The number of amides is 1. The predicted octanol–water partition coefficient (Wildman–Crippen LogP) is 3.19. The molecule has 1 N–H and O–H groups in total. The van der Waals surface area contributed by atoms with Gasteiger partial charge in [-0.25, -0.2) is 4.79 Å². The molecule has 0 spiro atoms. The molecule has 2 aromatic heterocycles. The lowest BCUT2D eigenvalue weighted by atomic mass is 10.0. The van der Waals surface area contributed by atoms with E-state index in [1.54, 1.807) is 4.90 Å². The van der Waals surface area contributed by atoms with Gasteiger partial charge in [-0.1, -0.05) is 0 Å². The first-order chi connectivity index (χ1) is 15.6. The van der Waals surface area contributed by atoms with E-state index in [9.17, 15) is 4.79 Å². The average Bonchev–Trinajstić information content (AvgIpc) is 3.22. The van der Waals surface area contributed by atoms with Crippen molar-refractivity contribution < 1.29 is 14.3 Å². The van der Waals surface area contributed by atoms with E-state index in [4.69, 9.17) is 19.6 Å². The summed E-state index contributed by atoms with van der Waals surface area (Å²) in [6.45, 7) is 5.63. The SMILES string of the molecule is CNc1cc2c(nc1C)CCCN2c1nn(C2CCOCC2)c2c1CN(C(=O)OC)CC2. The highest BCUT2D eigenvalue weighted by molar-refractivity contribution is 5.73. The van der Waals surface area contributed by atoms with E-state index in [1.807, 2.05) is 14.0 Å². The Morgan fingerprint density at radius 2 is 2.06 bits per heavy atom. The molecular weight excluding hydrogens is 408 g/mol.